The zero-order valence-corrected chi connectivity index (χ0v) is 17.4. The summed E-state index contributed by atoms with van der Waals surface area (Å²) in [5.74, 6) is 1.04. The number of aryl methyl sites for hydroxylation is 1. The number of nitrogens with zero attached hydrogens (tertiary/aromatic N) is 3. The van der Waals surface area contributed by atoms with Crippen LogP contribution in [0.15, 0.2) is 45.1 Å². The van der Waals surface area contributed by atoms with E-state index in [1.54, 1.807) is 17.4 Å². The second kappa shape index (κ2) is 8.36. The van der Waals surface area contributed by atoms with Crippen LogP contribution >= 0.6 is 23.1 Å². The number of carbonyl (C=O) groups is 1. The summed E-state index contributed by atoms with van der Waals surface area (Å²) in [6, 6.07) is 9.95. The molecular formula is C20H21N3O3S2. The molecule has 0 unspecified atom stereocenters. The maximum absolute atomic E-state index is 12.6. The molecule has 1 aliphatic rings. The number of carbonyl (C=O) groups excluding carboxylic acids is 1. The molecule has 8 heteroatoms. The fourth-order valence-electron chi connectivity index (χ4n) is 2.75. The van der Waals surface area contributed by atoms with Crippen LogP contribution in [0.3, 0.4) is 0 Å². The third kappa shape index (κ3) is 4.56. The Morgan fingerprint density at radius 2 is 2.21 bits per heavy atom. The Morgan fingerprint density at radius 1 is 1.39 bits per heavy atom. The zero-order valence-electron chi connectivity index (χ0n) is 15.8. The van der Waals surface area contributed by atoms with E-state index < -0.39 is 0 Å². The third-order valence-electron chi connectivity index (χ3n) is 4.44. The van der Waals surface area contributed by atoms with E-state index >= 15 is 0 Å². The van der Waals surface area contributed by atoms with Crippen LogP contribution in [0.1, 0.15) is 40.3 Å². The lowest BCUT2D eigenvalue weighted by Crippen LogP contribution is -2.19. The number of benzene rings is 1. The number of rotatable bonds is 8. The Bertz CT molecular complexity index is 965. The quantitative estimate of drug-likeness (QED) is 0.390. The molecule has 1 aliphatic carbocycles. The minimum absolute atomic E-state index is 0.175. The van der Waals surface area contributed by atoms with Crippen molar-refractivity contribution in [1.29, 1.82) is 0 Å². The molecule has 146 valence electrons. The van der Waals surface area contributed by atoms with Crippen LogP contribution in [0.2, 0.25) is 0 Å². The topological polar surface area (TPSA) is 68.5 Å². The van der Waals surface area contributed by atoms with Crippen molar-refractivity contribution in [2.75, 3.05) is 11.9 Å². The van der Waals surface area contributed by atoms with Gasteiger partial charge in [-0.05, 0) is 31.9 Å². The van der Waals surface area contributed by atoms with E-state index in [2.05, 4.69) is 22.1 Å². The fourth-order valence-corrected chi connectivity index (χ4v) is 4.52. The van der Waals surface area contributed by atoms with Crippen molar-refractivity contribution in [3.63, 3.8) is 0 Å². The molecule has 6 nitrogen and oxygen atoms in total. The van der Waals surface area contributed by atoms with Gasteiger partial charge >= 0.3 is 5.97 Å². The van der Waals surface area contributed by atoms with Crippen LogP contribution in [0.4, 0.5) is 5.13 Å². The van der Waals surface area contributed by atoms with Gasteiger partial charge < -0.3 is 14.2 Å². The Morgan fingerprint density at radius 3 is 2.96 bits per heavy atom. The van der Waals surface area contributed by atoms with Crippen LogP contribution in [-0.4, -0.2) is 29.2 Å². The van der Waals surface area contributed by atoms with Crippen molar-refractivity contribution in [2.24, 2.45) is 0 Å². The van der Waals surface area contributed by atoms with Gasteiger partial charge in [-0.1, -0.05) is 17.3 Å². The van der Waals surface area contributed by atoms with Gasteiger partial charge in [0, 0.05) is 29.4 Å². The molecule has 1 fully saturated rings. The highest BCUT2D eigenvalue weighted by atomic mass is 32.2. The molecular weight excluding hydrogens is 394 g/mol. The van der Waals surface area contributed by atoms with Crippen molar-refractivity contribution in [3.8, 4) is 0 Å². The largest absolute Gasteiger partial charge is 0.456 e. The van der Waals surface area contributed by atoms with Gasteiger partial charge in [-0.15, -0.1) is 23.1 Å². The van der Waals surface area contributed by atoms with Gasteiger partial charge in [-0.25, -0.2) is 9.78 Å². The first-order chi connectivity index (χ1) is 13.6. The van der Waals surface area contributed by atoms with E-state index in [1.807, 2.05) is 36.6 Å². The summed E-state index contributed by atoms with van der Waals surface area (Å²) in [7, 11) is 2.07. The van der Waals surface area contributed by atoms with Gasteiger partial charge in [0.25, 0.3) is 0 Å². The van der Waals surface area contributed by atoms with Crippen molar-refractivity contribution in [1.82, 2.24) is 10.1 Å². The van der Waals surface area contributed by atoms with Crippen LogP contribution < -0.4 is 4.90 Å². The highest BCUT2D eigenvalue weighted by Gasteiger charge is 2.28. The number of aromatic nitrogens is 2. The number of ether oxygens (including phenoxy) is 1. The van der Waals surface area contributed by atoms with Crippen LogP contribution in [0.5, 0.6) is 0 Å². The molecule has 0 spiro atoms. The van der Waals surface area contributed by atoms with E-state index in [1.165, 1.54) is 24.6 Å². The SMILES string of the molecule is Cc1cc(CSc2ccccc2C(=O)OCc2csc(N(C)C3CC3)n2)on1. The number of esters is 1. The highest BCUT2D eigenvalue weighted by Crippen LogP contribution is 2.32. The summed E-state index contributed by atoms with van der Waals surface area (Å²) in [5, 5.41) is 6.82. The first-order valence-corrected chi connectivity index (χ1v) is 10.9. The van der Waals surface area contributed by atoms with E-state index in [4.69, 9.17) is 9.26 Å². The molecule has 4 rings (SSSR count). The number of thioether (sulfide) groups is 1. The first-order valence-electron chi connectivity index (χ1n) is 9.08. The molecule has 0 atom stereocenters. The summed E-state index contributed by atoms with van der Waals surface area (Å²) in [6.45, 7) is 2.06. The molecule has 0 aliphatic heterocycles. The van der Waals surface area contributed by atoms with E-state index in [9.17, 15) is 4.79 Å². The summed E-state index contributed by atoms with van der Waals surface area (Å²) in [6.07, 6.45) is 2.45. The Kier molecular flexibility index (Phi) is 5.68. The van der Waals surface area contributed by atoms with Gasteiger partial charge in [0.1, 0.15) is 12.4 Å². The maximum atomic E-state index is 12.6. The molecule has 28 heavy (non-hydrogen) atoms. The molecule has 3 aromatic rings. The molecule has 1 saturated carbocycles. The van der Waals surface area contributed by atoms with E-state index in [0.29, 0.717) is 17.4 Å². The lowest BCUT2D eigenvalue weighted by atomic mass is 10.2. The van der Waals surface area contributed by atoms with Crippen molar-refractivity contribution in [2.45, 2.75) is 43.1 Å². The van der Waals surface area contributed by atoms with E-state index in [0.717, 1.165) is 27.2 Å². The number of hydrogen-bond donors (Lipinski definition) is 0. The van der Waals surface area contributed by atoms with Gasteiger partial charge in [0.05, 0.1) is 22.7 Å². The van der Waals surface area contributed by atoms with Crippen molar-refractivity contribution < 1.29 is 14.1 Å². The monoisotopic (exact) mass is 415 g/mol. The van der Waals surface area contributed by atoms with E-state index in [-0.39, 0.29) is 12.6 Å². The standard InChI is InChI=1S/C20H21N3O3S2/c1-13-9-16(26-22-13)12-27-18-6-4-3-5-17(18)19(24)25-10-14-11-28-20(21-14)23(2)15-7-8-15/h3-6,9,11,15H,7-8,10,12H2,1-2H3. The molecule has 0 amide bonds. The average molecular weight is 416 g/mol. The molecule has 0 radical (unpaired) electrons. The molecule has 2 heterocycles. The maximum Gasteiger partial charge on any atom is 0.339 e. The minimum Gasteiger partial charge on any atom is -0.456 e. The first kappa shape index (κ1) is 19.0. The highest BCUT2D eigenvalue weighted by molar-refractivity contribution is 7.98. The second-order valence-corrected chi connectivity index (χ2v) is 8.61. The lowest BCUT2D eigenvalue weighted by molar-refractivity contribution is 0.0464. The zero-order chi connectivity index (χ0) is 19.5. The van der Waals surface area contributed by atoms with Gasteiger partial charge in [-0.2, -0.15) is 0 Å². The van der Waals surface area contributed by atoms with Crippen LogP contribution in [0, 0.1) is 6.92 Å². The summed E-state index contributed by atoms with van der Waals surface area (Å²) in [5.41, 5.74) is 2.18. The predicted molar refractivity (Wildman–Crippen MR) is 110 cm³/mol. The summed E-state index contributed by atoms with van der Waals surface area (Å²) < 4.78 is 10.8. The number of thiazole rings is 1. The average Bonchev–Trinajstić information content (AvgIpc) is 3.31. The van der Waals surface area contributed by atoms with Gasteiger partial charge in [0.2, 0.25) is 0 Å². The normalized spacial score (nSPS) is 13.5. The summed E-state index contributed by atoms with van der Waals surface area (Å²) in [4.78, 5) is 20.2. The lowest BCUT2D eigenvalue weighted by Gasteiger charge is -2.13. The van der Waals surface area contributed by atoms with Crippen molar-refractivity contribution >= 4 is 34.2 Å². The van der Waals surface area contributed by atoms with Crippen LogP contribution in [-0.2, 0) is 17.1 Å². The third-order valence-corrected chi connectivity index (χ3v) is 6.52. The Balaban J connectivity index is 1.36. The van der Waals surface area contributed by atoms with Gasteiger partial charge in [-0.3, -0.25) is 0 Å². The molecule has 0 bridgehead atoms. The Labute approximate surface area is 171 Å². The van der Waals surface area contributed by atoms with Crippen LogP contribution in [0.25, 0.3) is 0 Å². The fraction of sp³-hybridized carbons (Fsp3) is 0.350. The molecule has 2 aromatic heterocycles. The summed E-state index contributed by atoms with van der Waals surface area (Å²) >= 11 is 3.11. The second-order valence-electron chi connectivity index (χ2n) is 6.76. The Hall–Kier alpha value is -2.32. The molecule has 0 saturated heterocycles. The van der Waals surface area contributed by atoms with Crippen molar-refractivity contribution in [3.05, 3.63) is 58.4 Å². The van der Waals surface area contributed by atoms with Gasteiger partial charge in [0.15, 0.2) is 5.13 Å². The number of hydrogen-bond acceptors (Lipinski definition) is 8. The molecule has 0 N–H and O–H groups in total. The smallest absolute Gasteiger partial charge is 0.339 e. The molecule has 1 aromatic carbocycles. The minimum atomic E-state index is -0.345. The number of anilines is 1. The predicted octanol–water partition coefficient (Wildman–Crippen LogP) is 4.69.